The molecule has 5 nitrogen and oxygen atoms in total. The molecule has 1 amide bonds. The van der Waals surface area contributed by atoms with Gasteiger partial charge in [-0.05, 0) is 76.8 Å². The van der Waals surface area contributed by atoms with Gasteiger partial charge in [-0.25, -0.2) is 9.18 Å². The molecule has 1 aromatic rings. The summed E-state index contributed by atoms with van der Waals surface area (Å²) < 4.78 is 25.6. The number of hydrogen-bond donors (Lipinski definition) is 0. The summed E-state index contributed by atoms with van der Waals surface area (Å²) in [5, 5.41) is 8.86. The van der Waals surface area contributed by atoms with Crippen LogP contribution in [0.15, 0.2) is 18.2 Å². The highest BCUT2D eigenvalue weighted by molar-refractivity contribution is 5.68. The largest absolute Gasteiger partial charge is 0.444 e. The third-order valence-electron chi connectivity index (χ3n) is 6.18. The molecular formula is C24H33FN2O3. The van der Waals surface area contributed by atoms with Crippen molar-refractivity contribution in [1.29, 1.82) is 5.26 Å². The number of nitrogens with zero attached hydrogens (tertiary/aromatic N) is 2. The average molecular weight is 417 g/mol. The Hall–Kier alpha value is -2.13. The van der Waals surface area contributed by atoms with Gasteiger partial charge >= 0.3 is 6.09 Å². The van der Waals surface area contributed by atoms with Crippen molar-refractivity contribution in [2.75, 3.05) is 13.1 Å². The molecule has 0 bridgehead atoms. The van der Waals surface area contributed by atoms with Crippen LogP contribution in [0.3, 0.4) is 0 Å². The zero-order valence-corrected chi connectivity index (χ0v) is 18.3. The molecule has 2 fully saturated rings. The fourth-order valence-corrected chi connectivity index (χ4v) is 4.58. The van der Waals surface area contributed by atoms with E-state index in [4.69, 9.17) is 14.7 Å². The molecule has 0 N–H and O–H groups in total. The number of benzene rings is 1. The van der Waals surface area contributed by atoms with Crippen LogP contribution in [0.4, 0.5) is 9.18 Å². The molecule has 30 heavy (non-hydrogen) atoms. The minimum absolute atomic E-state index is 0.141. The van der Waals surface area contributed by atoms with E-state index in [1.54, 1.807) is 12.1 Å². The molecule has 2 aliphatic rings. The summed E-state index contributed by atoms with van der Waals surface area (Å²) in [6.45, 7) is 7.42. The quantitative estimate of drug-likeness (QED) is 0.657. The molecular weight excluding hydrogens is 383 g/mol. The van der Waals surface area contributed by atoms with Crippen LogP contribution in [-0.2, 0) is 16.1 Å². The number of amides is 1. The van der Waals surface area contributed by atoms with Gasteiger partial charge in [0, 0.05) is 18.7 Å². The fourth-order valence-electron chi connectivity index (χ4n) is 4.58. The van der Waals surface area contributed by atoms with Gasteiger partial charge in [0.05, 0.1) is 24.3 Å². The van der Waals surface area contributed by atoms with Crippen molar-refractivity contribution in [1.82, 2.24) is 4.90 Å². The first-order valence-electron chi connectivity index (χ1n) is 11.0. The zero-order valence-electron chi connectivity index (χ0n) is 18.3. The van der Waals surface area contributed by atoms with Crippen LogP contribution < -0.4 is 0 Å². The Bertz CT molecular complexity index is 776. The molecule has 1 aliphatic carbocycles. The first-order valence-corrected chi connectivity index (χ1v) is 11.0. The molecule has 0 spiro atoms. The third kappa shape index (κ3) is 6.18. The second-order valence-corrected chi connectivity index (χ2v) is 9.58. The molecule has 3 rings (SSSR count). The lowest BCUT2D eigenvalue weighted by Gasteiger charge is -2.39. The number of carbonyl (C=O) groups excluding carboxylic acids is 1. The maximum atomic E-state index is 14.1. The molecule has 0 aromatic heterocycles. The number of nitriles is 1. The molecule has 1 heterocycles. The van der Waals surface area contributed by atoms with Crippen molar-refractivity contribution in [3.63, 3.8) is 0 Å². The van der Waals surface area contributed by atoms with E-state index < -0.39 is 5.60 Å². The van der Waals surface area contributed by atoms with E-state index in [1.807, 2.05) is 31.7 Å². The van der Waals surface area contributed by atoms with Crippen LogP contribution in [0.5, 0.6) is 0 Å². The smallest absolute Gasteiger partial charge is 0.410 e. The summed E-state index contributed by atoms with van der Waals surface area (Å²) in [6, 6.07) is 6.48. The highest BCUT2D eigenvalue weighted by atomic mass is 19.1. The summed E-state index contributed by atoms with van der Waals surface area (Å²) in [5.74, 6) is 0.813. The van der Waals surface area contributed by atoms with Crippen molar-refractivity contribution >= 4 is 6.09 Å². The van der Waals surface area contributed by atoms with Crippen molar-refractivity contribution in [3.05, 3.63) is 35.1 Å². The van der Waals surface area contributed by atoms with Crippen LogP contribution in [0.25, 0.3) is 0 Å². The highest BCUT2D eigenvalue weighted by Crippen LogP contribution is 2.37. The maximum Gasteiger partial charge on any atom is 0.410 e. The number of carbonyl (C=O) groups is 1. The molecule has 6 heteroatoms. The summed E-state index contributed by atoms with van der Waals surface area (Å²) in [6.07, 6.45) is 6.25. The summed E-state index contributed by atoms with van der Waals surface area (Å²) in [4.78, 5) is 14.1. The fraction of sp³-hybridized carbons (Fsp3) is 0.667. The monoisotopic (exact) mass is 416 g/mol. The molecule has 1 saturated carbocycles. The summed E-state index contributed by atoms with van der Waals surface area (Å²) in [7, 11) is 0. The summed E-state index contributed by atoms with van der Waals surface area (Å²) >= 11 is 0. The van der Waals surface area contributed by atoms with Gasteiger partial charge in [-0.1, -0.05) is 12.5 Å². The predicted molar refractivity (Wildman–Crippen MR) is 112 cm³/mol. The van der Waals surface area contributed by atoms with Gasteiger partial charge in [-0.2, -0.15) is 5.26 Å². The molecule has 0 radical (unpaired) electrons. The van der Waals surface area contributed by atoms with Gasteiger partial charge in [0.15, 0.2) is 0 Å². The van der Waals surface area contributed by atoms with Crippen molar-refractivity contribution in [2.24, 2.45) is 11.8 Å². The van der Waals surface area contributed by atoms with Gasteiger partial charge in [0.1, 0.15) is 11.4 Å². The molecule has 1 aliphatic heterocycles. The first-order chi connectivity index (χ1) is 14.2. The number of ether oxygens (including phenoxy) is 2. The lowest BCUT2D eigenvalue weighted by Crippen LogP contribution is -2.43. The van der Waals surface area contributed by atoms with E-state index in [1.165, 1.54) is 12.5 Å². The standard InChI is InChI=1S/C24H33FN2O3/c1-24(2,3)30-23(28)27-11-9-18(10-12-27)19-5-4-6-21(14-19)29-16-20-8-7-17(15-26)13-22(20)25/h7-8,13,18-19,21H,4-6,9-12,14,16H2,1-3H3. The van der Waals surface area contributed by atoms with Gasteiger partial charge in [0.25, 0.3) is 0 Å². The van der Waals surface area contributed by atoms with E-state index in [0.29, 0.717) is 23.0 Å². The third-order valence-corrected chi connectivity index (χ3v) is 6.18. The Kier molecular flexibility index (Phi) is 7.36. The molecule has 2 atom stereocenters. The Labute approximate surface area is 179 Å². The van der Waals surface area contributed by atoms with Gasteiger partial charge in [-0.3, -0.25) is 0 Å². The number of piperidine rings is 1. The van der Waals surface area contributed by atoms with Gasteiger partial charge in [0.2, 0.25) is 0 Å². The van der Waals surface area contributed by atoms with E-state index in [2.05, 4.69) is 0 Å². The van der Waals surface area contributed by atoms with Gasteiger partial charge in [-0.15, -0.1) is 0 Å². The van der Waals surface area contributed by atoms with Crippen LogP contribution in [-0.4, -0.2) is 35.8 Å². The lowest BCUT2D eigenvalue weighted by molar-refractivity contribution is -0.0173. The lowest BCUT2D eigenvalue weighted by atomic mass is 9.75. The van der Waals surface area contributed by atoms with Crippen molar-refractivity contribution in [3.8, 4) is 6.07 Å². The highest BCUT2D eigenvalue weighted by Gasteiger charge is 2.33. The molecule has 164 valence electrons. The minimum atomic E-state index is -0.462. The molecule has 1 saturated heterocycles. The summed E-state index contributed by atoms with van der Waals surface area (Å²) in [5.41, 5.74) is 0.365. The van der Waals surface area contributed by atoms with E-state index in [0.717, 1.165) is 45.2 Å². The second kappa shape index (κ2) is 9.78. The predicted octanol–water partition coefficient (Wildman–Crippen LogP) is 5.42. The Balaban J connectivity index is 1.46. The topological polar surface area (TPSA) is 62.6 Å². The van der Waals surface area contributed by atoms with Crippen LogP contribution in [0.2, 0.25) is 0 Å². The maximum absolute atomic E-state index is 14.1. The molecule has 1 aromatic carbocycles. The van der Waals surface area contributed by atoms with Crippen LogP contribution in [0, 0.1) is 29.0 Å². The van der Waals surface area contributed by atoms with E-state index in [9.17, 15) is 9.18 Å². The number of halogens is 1. The average Bonchev–Trinajstić information content (AvgIpc) is 2.72. The van der Waals surface area contributed by atoms with Crippen LogP contribution in [0.1, 0.15) is 70.4 Å². The Morgan fingerprint density at radius 2 is 1.93 bits per heavy atom. The molecule has 2 unspecified atom stereocenters. The van der Waals surface area contributed by atoms with Crippen molar-refractivity contribution < 1.29 is 18.7 Å². The number of hydrogen-bond acceptors (Lipinski definition) is 4. The van der Waals surface area contributed by atoms with Crippen molar-refractivity contribution in [2.45, 2.75) is 77.6 Å². The Morgan fingerprint density at radius 3 is 2.57 bits per heavy atom. The van der Waals surface area contributed by atoms with E-state index >= 15 is 0 Å². The SMILES string of the molecule is CC(C)(C)OC(=O)N1CCC(C2CCCC(OCc3ccc(C#N)cc3F)C2)CC1. The second-order valence-electron chi connectivity index (χ2n) is 9.58. The van der Waals surface area contributed by atoms with Crippen LogP contribution >= 0.6 is 0 Å². The number of rotatable bonds is 4. The zero-order chi connectivity index (χ0) is 21.7. The minimum Gasteiger partial charge on any atom is -0.444 e. The van der Waals surface area contributed by atoms with Gasteiger partial charge < -0.3 is 14.4 Å². The first kappa shape index (κ1) is 22.6. The number of likely N-dealkylation sites (tertiary alicyclic amines) is 1. The van der Waals surface area contributed by atoms with E-state index in [-0.39, 0.29) is 24.6 Å². The Morgan fingerprint density at radius 1 is 1.20 bits per heavy atom. The normalized spacial score (nSPS) is 23.1.